The Labute approximate surface area is 174 Å². The predicted molar refractivity (Wildman–Crippen MR) is 120 cm³/mol. The third-order valence-electron chi connectivity index (χ3n) is 5.06. The fraction of sp³-hybridized carbons (Fsp3) is 0.273. The zero-order chi connectivity index (χ0) is 20.5. The van der Waals surface area contributed by atoms with E-state index in [9.17, 15) is 0 Å². The van der Waals surface area contributed by atoms with Crippen LogP contribution >= 0.6 is 11.3 Å². The fourth-order valence-corrected chi connectivity index (χ4v) is 4.45. The van der Waals surface area contributed by atoms with Crippen molar-refractivity contribution in [3.05, 3.63) is 59.0 Å². The number of pyridine rings is 1. The summed E-state index contributed by atoms with van der Waals surface area (Å²) < 4.78 is 1.08. The van der Waals surface area contributed by atoms with Gasteiger partial charge in [0.05, 0.1) is 27.7 Å². The molecule has 0 amide bonds. The van der Waals surface area contributed by atoms with E-state index in [-0.39, 0.29) is 6.04 Å². The van der Waals surface area contributed by atoms with Crippen molar-refractivity contribution in [1.82, 2.24) is 19.9 Å². The first-order chi connectivity index (χ1) is 14.0. The van der Waals surface area contributed by atoms with E-state index in [1.165, 1.54) is 11.1 Å². The molecule has 0 spiro atoms. The summed E-state index contributed by atoms with van der Waals surface area (Å²) in [6.07, 6.45) is 2.83. The number of hydrogen-bond donors (Lipinski definition) is 2. The maximum absolute atomic E-state index is 6.33. The third-order valence-corrected chi connectivity index (χ3v) is 6.09. The van der Waals surface area contributed by atoms with Gasteiger partial charge in [-0.05, 0) is 44.4 Å². The van der Waals surface area contributed by atoms with Crippen molar-refractivity contribution < 1.29 is 0 Å². The van der Waals surface area contributed by atoms with E-state index in [1.807, 2.05) is 19.9 Å². The van der Waals surface area contributed by atoms with Gasteiger partial charge in [0.25, 0.3) is 0 Å². The summed E-state index contributed by atoms with van der Waals surface area (Å²) >= 11 is 1.58. The minimum Gasteiger partial charge on any atom is -0.383 e. The summed E-state index contributed by atoms with van der Waals surface area (Å²) in [5.74, 6) is 0.952. The molecule has 0 saturated carbocycles. The molecule has 0 bridgehead atoms. The lowest BCUT2D eigenvalue weighted by molar-refractivity contribution is 0.857. The molecular weight excluding hydrogens is 380 g/mol. The molecule has 0 saturated heterocycles. The molecule has 0 radical (unpaired) electrons. The second-order valence-electron chi connectivity index (χ2n) is 7.12. The summed E-state index contributed by atoms with van der Waals surface area (Å²) in [6.45, 7) is 8.14. The molecule has 6 nitrogen and oxygen atoms in total. The highest BCUT2D eigenvalue weighted by Crippen LogP contribution is 2.35. The van der Waals surface area contributed by atoms with Crippen LogP contribution in [0.3, 0.4) is 0 Å². The summed E-state index contributed by atoms with van der Waals surface area (Å²) in [7, 11) is 0. The highest BCUT2D eigenvalue weighted by molar-refractivity contribution is 7.21. The van der Waals surface area contributed by atoms with E-state index in [4.69, 9.17) is 10.7 Å². The Morgan fingerprint density at radius 2 is 1.79 bits per heavy atom. The van der Waals surface area contributed by atoms with Crippen LogP contribution < -0.4 is 11.1 Å². The Kier molecular flexibility index (Phi) is 5.15. The van der Waals surface area contributed by atoms with E-state index in [0.29, 0.717) is 11.8 Å². The maximum atomic E-state index is 6.33. The van der Waals surface area contributed by atoms with Gasteiger partial charge < -0.3 is 11.1 Å². The largest absolute Gasteiger partial charge is 0.383 e. The van der Waals surface area contributed by atoms with Crippen molar-refractivity contribution in [1.29, 1.82) is 0 Å². The first kappa shape index (κ1) is 19.3. The summed E-state index contributed by atoms with van der Waals surface area (Å²) in [4.78, 5) is 18.2. The molecule has 3 aromatic heterocycles. The monoisotopic (exact) mass is 404 g/mol. The van der Waals surface area contributed by atoms with Gasteiger partial charge >= 0.3 is 0 Å². The number of anilines is 2. The predicted octanol–water partition coefficient (Wildman–Crippen LogP) is 5.08. The van der Waals surface area contributed by atoms with Crippen LogP contribution in [0.15, 0.2) is 36.5 Å². The molecule has 0 aliphatic rings. The average molecular weight is 405 g/mol. The van der Waals surface area contributed by atoms with Crippen molar-refractivity contribution >= 4 is 33.3 Å². The first-order valence-electron chi connectivity index (χ1n) is 9.68. The van der Waals surface area contributed by atoms with Crippen LogP contribution in [0.1, 0.15) is 42.4 Å². The lowest BCUT2D eigenvalue weighted by Gasteiger charge is -2.16. The second kappa shape index (κ2) is 7.75. The topological polar surface area (TPSA) is 89.6 Å². The number of aryl methyl sites for hydroxylation is 3. The van der Waals surface area contributed by atoms with Crippen LogP contribution in [0, 0.1) is 13.8 Å². The molecular formula is C22H24N6S. The molecule has 1 atom stereocenters. The van der Waals surface area contributed by atoms with Crippen molar-refractivity contribution in [2.45, 2.75) is 40.2 Å². The van der Waals surface area contributed by atoms with Gasteiger partial charge in [-0.1, -0.05) is 31.2 Å². The molecule has 4 rings (SSSR count). The lowest BCUT2D eigenvalue weighted by Crippen LogP contribution is -2.12. The maximum Gasteiger partial charge on any atom is 0.225 e. The minimum atomic E-state index is 0.0710. The van der Waals surface area contributed by atoms with E-state index in [2.05, 4.69) is 58.4 Å². The quantitative estimate of drug-likeness (QED) is 0.482. The summed E-state index contributed by atoms with van der Waals surface area (Å²) in [5.41, 5.74) is 12.2. The molecule has 29 heavy (non-hydrogen) atoms. The Morgan fingerprint density at radius 1 is 1.03 bits per heavy atom. The van der Waals surface area contributed by atoms with Crippen LogP contribution in [0.5, 0.6) is 0 Å². The van der Waals surface area contributed by atoms with Crippen molar-refractivity contribution in [2.75, 3.05) is 11.1 Å². The van der Waals surface area contributed by atoms with Gasteiger partial charge in [-0.25, -0.2) is 9.97 Å². The molecule has 3 N–H and O–H groups in total. The van der Waals surface area contributed by atoms with Crippen LogP contribution in [-0.2, 0) is 6.42 Å². The van der Waals surface area contributed by atoms with Gasteiger partial charge in [0.15, 0.2) is 0 Å². The number of fused-ring (bicyclic) bond motifs is 1. The number of benzene rings is 1. The van der Waals surface area contributed by atoms with Gasteiger partial charge in [0.1, 0.15) is 16.3 Å². The van der Waals surface area contributed by atoms with Gasteiger partial charge in [-0.2, -0.15) is 4.98 Å². The Hall–Kier alpha value is -3.06. The first-order valence-corrected chi connectivity index (χ1v) is 10.5. The van der Waals surface area contributed by atoms with Crippen LogP contribution in [0.2, 0.25) is 0 Å². The Balaban J connectivity index is 1.63. The number of rotatable bonds is 5. The van der Waals surface area contributed by atoms with E-state index < -0.39 is 0 Å². The zero-order valence-corrected chi connectivity index (χ0v) is 17.8. The average Bonchev–Trinajstić information content (AvgIpc) is 3.12. The zero-order valence-electron chi connectivity index (χ0n) is 17.0. The summed E-state index contributed by atoms with van der Waals surface area (Å²) in [5, 5.41) is 4.18. The smallest absolute Gasteiger partial charge is 0.225 e. The van der Waals surface area contributed by atoms with E-state index >= 15 is 0 Å². The lowest BCUT2D eigenvalue weighted by atomic mass is 10.1. The van der Waals surface area contributed by atoms with E-state index in [1.54, 1.807) is 17.5 Å². The standard InChI is InChI=1S/C22H24N6S/c1-5-15-6-8-16(9-7-15)12(2)25-22-26-13(3)18(20(23)28-22)21-27-19-14(4)24-11-10-17(19)29-21/h6-12H,5H2,1-4H3,(H3,23,25,26,28). The van der Waals surface area contributed by atoms with Crippen LogP contribution in [0.25, 0.3) is 20.8 Å². The summed E-state index contributed by atoms with van der Waals surface area (Å²) in [6, 6.07) is 10.6. The number of nitrogens with zero attached hydrogens (tertiary/aromatic N) is 4. The van der Waals surface area contributed by atoms with Crippen LogP contribution in [-0.4, -0.2) is 19.9 Å². The number of nitrogens with one attached hydrogen (secondary N) is 1. The third kappa shape index (κ3) is 3.78. The molecule has 4 aromatic rings. The van der Waals surface area contributed by atoms with Gasteiger partial charge in [0, 0.05) is 6.20 Å². The van der Waals surface area contributed by atoms with Crippen molar-refractivity contribution in [3.63, 3.8) is 0 Å². The molecule has 3 heterocycles. The number of nitrogens with two attached hydrogens (primary N) is 1. The van der Waals surface area contributed by atoms with Gasteiger partial charge in [0.2, 0.25) is 5.95 Å². The highest BCUT2D eigenvalue weighted by Gasteiger charge is 2.17. The highest BCUT2D eigenvalue weighted by atomic mass is 32.1. The molecule has 0 fully saturated rings. The molecule has 7 heteroatoms. The van der Waals surface area contributed by atoms with E-state index in [0.717, 1.165) is 38.6 Å². The van der Waals surface area contributed by atoms with Crippen LogP contribution in [0.4, 0.5) is 11.8 Å². The Morgan fingerprint density at radius 3 is 2.45 bits per heavy atom. The van der Waals surface area contributed by atoms with Crippen molar-refractivity contribution in [3.8, 4) is 10.6 Å². The number of hydrogen-bond acceptors (Lipinski definition) is 7. The van der Waals surface area contributed by atoms with Gasteiger partial charge in [-0.15, -0.1) is 11.3 Å². The molecule has 1 unspecified atom stereocenters. The molecule has 0 aliphatic carbocycles. The molecule has 1 aromatic carbocycles. The van der Waals surface area contributed by atoms with Gasteiger partial charge in [-0.3, -0.25) is 4.98 Å². The molecule has 148 valence electrons. The number of thiazole rings is 1. The Bertz CT molecular complexity index is 1140. The molecule has 0 aliphatic heterocycles. The normalized spacial score (nSPS) is 12.3. The minimum absolute atomic E-state index is 0.0710. The fourth-order valence-electron chi connectivity index (χ4n) is 3.33. The number of aromatic nitrogens is 4. The SMILES string of the molecule is CCc1ccc(C(C)Nc2nc(C)c(-c3nc4c(C)nccc4s3)c(N)n2)cc1. The number of nitrogen functional groups attached to an aromatic ring is 1. The van der Waals surface area contributed by atoms with Crippen molar-refractivity contribution in [2.24, 2.45) is 0 Å². The second-order valence-corrected chi connectivity index (χ2v) is 8.15.